The Kier molecular flexibility index (Phi) is 5.94. The minimum Gasteiger partial charge on any atom is -0.369 e. The van der Waals surface area contributed by atoms with Crippen LogP contribution in [0.4, 0.5) is 9.93 Å². The standard InChI is InChI=1S/C13H21N5O2S/c14-11(19)10-2-7-18(8-3-10)6-1-4-15-12(20)17-13-16-5-9-21-13/h5,9-10H,1-4,6-8H2,(H2,14,19)(H2,15,16,17,20). The van der Waals surface area contributed by atoms with Gasteiger partial charge in [0.2, 0.25) is 5.91 Å². The van der Waals surface area contributed by atoms with Crippen LogP contribution < -0.4 is 16.4 Å². The summed E-state index contributed by atoms with van der Waals surface area (Å²) < 4.78 is 0. The minimum atomic E-state index is -0.225. The zero-order chi connectivity index (χ0) is 15.1. The van der Waals surface area contributed by atoms with Gasteiger partial charge in [-0.15, -0.1) is 11.3 Å². The molecule has 1 aliphatic heterocycles. The van der Waals surface area contributed by atoms with E-state index in [0.29, 0.717) is 11.7 Å². The van der Waals surface area contributed by atoms with Crippen molar-refractivity contribution in [1.29, 1.82) is 0 Å². The largest absolute Gasteiger partial charge is 0.369 e. The van der Waals surface area contributed by atoms with Crippen molar-refractivity contribution in [2.45, 2.75) is 19.3 Å². The molecule has 0 aliphatic carbocycles. The first-order valence-corrected chi connectivity index (χ1v) is 7.99. The van der Waals surface area contributed by atoms with Gasteiger partial charge in [0.1, 0.15) is 0 Å². The minimum absolute atomic E-state index is 0.0310. The Morgan fingerprint density at radius 2 is 2.19 bits per heavy atom. The maximum absolute atomic E-state index is 11.6. The average Bonchev–Trinajstić information content (AvgIpc) is 2.97. The zero-order valence-corrected chi connectivity index (χ0v) is 12.7. The van der Waals surface area contributed by atoms with Crippen LogP contribution in [0.15, 0.2) is 11.6 Å². The summed E-state index contributed by atoms with van der Waals surface area (Å²) in [7, 11) is 0. The van der Waals surface area contributed by atoms with Crippen LogP contribution in [-0.4, -0.2) is 48.0 Å². The molecule has 0 saturated carbocycles. The fraction of sp³-hybridized carbons (Fsp3) is 0.615. The Hall–Kier alpha value is -1.67. The summed E-state index contributed by atoms with van der Waals surface area (Å²) in [6, 6.07) is -0.225. The summed E-state index contributed by atoms with van der Waals surface area (Å²) in [5.74, 6) is -0.154. The molecule has 0 aromatic carbocycles. The van der Waals surface area contributed by atoms with Gasteiger partial charge < -0.3 is 16.0 Å². The molecular weight excluding hydrogens is 290 g/mol. The van der Waals surface area contributed by atoms with E-state index in [2.05, 4.69) is 20.5 Å². The zero-order valence-electron chi connectivity index (χ0n) is 11.9. The molecule has 2 heterocycles. The number of carbonyl (C=O) groups is 2. The number of aromatic nitrogens is 1. The molecule has 0 unspecified atom stereocenters. The molecule has 21 heavy (non-hydrogen) atoms. The highest BCUT2D eigenvalue weighted by molar-refractivity contribution is 7.13. The number of rotatable bonds is 6. The van der Waals surface area contributed by atoms with Crippen molar-refractivity contribution < 1.29 is 9.59 Å². The van der Waals surface area contributed by atoms with Gasteiger partial charge in [0, 0.05) is 24.0 Å². The summed E-state index contributed by atoms with van der Waals surface area (Å²) in [6.45, 7) is 3.34. The van der Waals surface area contributed by atoms with Crippen molar-refractivity contribution in [3.05, 3.63) is 11.6 Å². The molecule has 0 bridgehead atoms. The van der Waals surface area contributed by atoms with Crippen LogP contribution in [-0.2, 0) is 4.79 Å². The molecule has 0 spiro atoms. The van der Waals surface area contributed by atoms with Crippen molar-refractivity contribution in [2.24, 2.45) is 11.7 Å². The van der Waals surface area contributed by atoms with Gasteiger partial charge in [-0.2, -0.15) is 0 Å². The third kappa shape index (κ3) is 5.31. The van der Waals surface area contributed by atoms with E-state index in [1.54, 1.807) is 6.20 Å². The van der Waals surface area contributed by atoms with E-state index in [9.17, 15) is 9.59 Å². The van der Waals surface area contributed by atoms with E-state index in [1.165, 1.54) is 11.3 Å². The molecule has 2 rings (SSSR count). The lowest BCUT2D eigenvalue weighted by molar-refractivity contribution is -0.123. The number of nitrogens with two attached hydrogens (primary N) is 1. The summed E-state index contributed by atoms with van der Waals surface area (Å²) in [5, 5.41) is 7.88. The Morgan fingerprint density at radius 1 is 1.43 bits per heavy atom. The van der Waals surface area contributed by atoms with E-state index in [0.717, 1.165) is 38.9 Å². The molecule has 1 aromatic rings. The van der Waals surface area contributed by atoms with Crippen LogP contribution in [0.2, 0.25) is 0 Å². The van der Waals surface area contributed by atoms with Crippen LogP contribution in [0, 0.1) is 5.92 Å². The SMILES string of the molecule is NC(=O)C1CCN(CCCNC(=O)Nc2nccs2)CC1. The van der Waals surface area contributed by atoms with Crippen molar-refractivity contribution >= 4 is 28.4 Å². The molecule has 1 saturated heterocycles. The second-order valence-electron chi connectivity index (χ2n) is 5.09. The number of hydrogen-bond donors (Lipinski definition) is 3. The maximum atomic E-state index is 11.6. The second kappa shape index (κ2) is 7.94. The Labute approximate surface area is 127 Å². The molecule has 3 amide bonds. The van der Waals surface area contributed by atoms with Gasteiger partial charge in [0.25, 0.3) is 0 Å². The summed E-state index contributed by atoms with van der Waals surface area (Å²) in [4.78, 5) is 28.9. The third-order valence-corrected chi connectivity index (χ3v) is 4.27. The van der Waals surface area contributed by atoms with Gasteiger partial charge >= 0.3 is 6.03 Å². The number of nitrogens with zero attached hydrogens (tertiary/aromatic N) is 2. The number of amides is 3. The number of likely N-dealkylation sites (tertiary alicyclic amines) is 1. The van der Waals surface area contributed by atoms with E-state index in [1.807, 2.05) is 5.38 Å². The molecule has 1 fully saturated rings. The average molecular weight is 311 g/mol. The number of primary amides is 1. The van der Waals surface area contributed by atoms with Gasteiger partial charge in [0.15, 0.2) is 5.13 Å². The predicted molar refractivity (Wildman–Crippen MR) is 82.1 cm³/mol. The smallest absolute Gasteiger partial charge is 0.321 e. The first-order chi connectivity index (χ1) is 10.1. The number of urea groups is 1. The van der Waals surface area contributed by atoms with Gasteiger partial charge in [0.05, 0.1) is 0 Å². The topological polar surface area (TPSA) is 100 Å². The molecule has 4 N–H and O–H groups in total. The van der Waals surface area contributed by atoms with Crippen LogP contribution in [0.25, 0.3) is 0 Å². The highest BCUT2D eigenvalue weighted by atomic mass is 32.1. The number of anilines is 1. The summed E-state index contributed by atoms with van der Waals surface area (Å²) in [6.07, 6.45) is 4.21. The van der Waals surface area contributed by atoms with Crippen LogP contribution in [0.5, 0.6) is 0 Å². The lowest BCUT2D eigenvalue weighted by Crippen LogP contribution is -2.40. The fourth-order valence-corrected chi connectivity index (χ4v) is 2.90. The molecule has 1 aromatic heterocycles. The summed E-state index contributed by atoms with van der Waals surface area (Å²) in [5.41, 5.74) is 5.31. The van der Waals surface area contributed by atoms with Crippen molar-refractivity contribution in [3.63, 3.8) is 0 Å². The molecule has 0 atom stereocenters. The van der Waals surface area contributed by atoms with E-state index < -0.39 is 0 Å². The van der Waals surface area contributed by atoms with Crippen LogP contribution >= 0.6 is 11.3 Å². The highest BCUT2D eigenvalue weighted by Gasteiger charge is 2.22. The lowest BCUT2D eigenvalue weighted by Gasteiger charge is -2.30. The maximum Gasteiger partial charge on any atom is 0.321 e. The predicted octanol–water partition coefficient (Wildman–Crippen LogP) is 0.852. The Bertz CT molecular complexity index is 457. The first kappa shape index (κ1) is 15.7. The molecule has 116 valence electrons. The molecule has 1 aliphatic rings. The molecular formula is C13H21N5O2S. The monoisotopic (exact) mass is 311 g/mol. The Morgan fingerprint density at radius 3 is 2.81 bits per heavy atom. The molecule has 8 heteroatoms. The van der Waals surface area contributed by atoms with Gasteiger partial charge in [-0.3, -0.25) is 10.1 Å². The number of piperidine rings is 1. The van der Waals surface area contributed by atoms with Gasteiger partial charge in [-0.25, -0.2) is 9.78 Å². The summed E-state index contributed by atoms with van der Waals surface area (Å²) >= 11 is 1.39. The van der Waals surface area contributed by atoms with Crippen LogP contribution in [0.1, 0.15) is 19.3 Å². The second-order valence-corrected chi connectivity index (χ2v) is 5.98. The van der Waals surface area contributed by atoms with Crippen molar-refractivity contribution in [1.82, 2.24) is 15.2 Å². The molecule has 7 nitrogen and oxygen atoms in total. The van der Waals surface area contributed by atoms with E-state index >= 15 is 0 Å². The van der Waals surface area contributed by atoms with Gasteiger partial charge in [-0.1, -0.05) is 0 Å². The quantitative estimate of drug-likeness (QED) is 0.678. The third-order valence-electron chi connectivity index (χ3n) is 3.58. The number of nitrogens with one attached hydrogen (secondary N) is 2. The highest BCUT2D eigenvalue weighted by Crippen LogP contribution is 2.16. The molecule has 0 radical (unpaired) electrons. The normalized spacial score (nSPS) is 16.6. The van der Waals surface area contributed by atoms with E-state index in [-0.39, 0.29) is 17.9 Å². The Balaban J connectivity index is 1.54. The van der Waals surface area contributed by atoms with Crippen LogP contribution in [0.3, 0.4) is 0 Å². The fourth-order valence-electron chi connectivity index (χ4n) is 2.37. The first-order valence-electron chi connectivity index (χ1n) is 7.11. The number of carbonyl (C=O) groups excluding carboxylic acids is 2. The van der Waals surface area contributed by atoms with E-state index in [4.69, 9.17) is 5.73 Å². The van der Waals surface area contributed by atoms with Gasteiger partial charge in [-0.05, 0) is 38.9 Å². The van der Waals surface area contributed by atoms with Crippen molar-refractivity contribution in [2.75, 3.05) is 31.5 Å². The lowest BCUT2D eigenvalue weighted by atomic mass is 9.96. The van der Waals surface area contributed by atoms with Crippen molar-refractivity contribution in [3.8, 4) is 0 Å². The number of thiazole rings is 1. The number of hydrogen-bond acceptors (Lipinski definition) is 5.